The molecule has 0 aliphatic rings. The van der Waals surface area contributed by atoms with Crippen molar-refractivity contribution in [3.8, 4) is 67.5 Å². The molecule has 0 aliphatic carbocycles. The molecule has 0 unspecified atom stereocenters. The minimum atomic E-state index is 0.0858. The number of aromatic hydroxyl groups is 1. The first-order valence-corrected chi connectivity index (χ1v) is 16.0. The lowest BCUT2D eigenvalue weighted by Gasteiger charge is -2.13. The van der Waals surface area contributed by atoms with Gasteiger partial charge in [0.2, 0.25) is 0 Å². The molecule has 0 atom stereocenters. The van der Waals surface area contributed by atoms with Gasteiger partial charge in [-0.3, -0.25) is 14.5 Å². The molecule has 5 heteroatoms. The predicted molar refractivity (Wildman–Crippen MR) is 195 cm³/mol. The summed E-state index contributed by atoms with van der Waals surface area (Å²) in [4.78, 5) is 14.5. The molecule has 3 aromatic heterocycles. The number of aryl methyl sites for hydroxylation is 2. The highest BCUT2D eigenvalue weighted by atomic mass is 16.3. The standard InChI is InChI=1S/C43H32N4O/c1-28-26-45-39(25-37(28)31-15-8-4-9-16-31)34-23-32(30-13-6-3-7-14-30)22-33(24-34)36-19-12-20-40-42(36)46-43(38-21-29(2)44-27-41(38)48)47(40)35-17-10-5-11-18-35/h3-27,48H,1-2H3. The molecule has 0 radical (unpaired) electrons. The zero-order valence-corrected chi connectivity index (χ0v) is 26.7. The van der Waals surface area contributed by atoms with Crippen molar-refractivity contribution in [2.24, 2.45) is 0 Å². The lowest BCUT2D eigenvalue weighted by Crippen LogP contribution is -1.98. The summed E-state index contributed by atoms with van der Waals surface area (Å²) < 4.78 is 2.11. The Morgan fingerprint density at radius 1 is 0.521 bits per heavy atom. The molecule has 0 saturated heterocycles. The fraction of sp³-hybridized carbons (Fsp3) is 0.0465. The monoisotopic (exact) mass is 620 g/mol. The number of rotatable bonds is 6. The van der Waals surface area contributed by atoms with Crippen LogP contribution in [0.4, 0.5) is 0 Å². The summed E-state index contributed by atoms with van der Waals surface area (Å²) in [7, 11) is 0. The van der Waals surface area contributed by atoms with Crippen molar-refractivity contribution in [1.82, 2.24) is 19.5 Å². The van der Waals surface area contributed by atoms with E-state index >= 15 is 0 Å². The molecule has 1 N–H and O–H groups in total. The molecule has 3 heterocycles. The van der Waals surface area contributed by atoms with Crippen molar-refractivity contribution in [2.75, 3.05) is 0 Å². The third-order valence-corrected chi connectivity index (χ3v) is 8.79. The van der Waals surface area contributed by atoms with Crippen molar-refractivity contribution >= 4 is 11.0 Å². The van der Waals surface area contributed by atoms with Crippen LogP contribution < -0.4 is 0 Å². The van der Waals surface area contributed by atoms with Gasteiger partial charge in [-0.15, -0.1) is 0 Å². The van der Waals surface area contributed by atoms with E-state index in [1.165, 1.54) is 6.20 Å². The Hall–Kier alpha value is -6.33. The van der Waals surface area contributed by atoms with Gasteiger partial charge in [0.05, 0.1) is 28.5 Å². The minimum Gasteiger partial charge on any atom is -0.506 e. The van der Waals surface area contributed by atoms with E-state index in [0.717, 1.165) is 72.6 Å². The lowest BCUT2D eigenvalue weighted by molar-refractivity contribution is 0.474. The van der Waals surface area contributed by atoms with Crippen molar-refractivity contribution in [2.45, 2.75) is 13.8 Å². The van der Waals surface area contributed by atoms with Gasteiger partial charge in [-0.25, -0.2) is 4.98 Å². The van der Waals surface area contributed by atoms with E-state index < -0.39 is 0 Å². The second kappa shape index (κ2) is 12.1. The fourth-order valence-electron chi connectivity index (χ4n) is 6.42. The molecule has 0 saturated carbocycles. The average molecular weight is 621 g/mol. The Balaban J connectivity index is 1.38. The highest BCUT2D eigenvalue weighted by Gasteiger charge is 2.21. The predicted octanol–water partition coefficient (Wildman–Crippen LogP) is 10.5. The second-order valence-electron chi connectivity index (χ2n) is 12.0. The first kappa shape index (κ1) is 29.1. The first-order chi connectivity index (χ1) is 23.5. The third kappa shape index (κ3) is 5.31. The molecular weight excluding hydrogens is 589 g/mol. The van der Waals surface area contributed by atoms with Crippen LogP contribution in [0.15, 0.2) is 152 Å². The number of hydrogen-bond acceptors (Lipinski definition) is 4. The molecule has 48 heavy (non-hydrogen) atoms. The summed E-state index contributed by atoms with van der Waals surface area (Å²) in [6.07, 6.45) is 3.46. The van der Waals surface area contributed by atoms with E-state index in [4.69, 9.17) is 9.97 Å². The number of aromatic nitrogens is 4. The highest BCUT2D eigenvalue weighted by Crippen LogP contribution is 2.40. The van der Waals surface area contributed by atoms with Gasteiger partial charge in [-0.05, 0) is 95.8 Å². The van der Waals surface area contributed by atoms with Crippen molar-refractivity contribution in [1.29, 1.82) is 0 Å². The Morgan fingerprint density at radius 2 is 1.19 bits per heavy atom. The molecule has 0 fully saturated rings. The summed E-state index contributed by atoms with van der Waals surface area (Å²) in [5, 5.41) is 11.0. The fourth-order valence-corrected chi connectivity index (χ4v) is 6.42. The molecule has 0 amide bonds. The van der Waals surface area contributed by atoms with Crippen molar-refractivity contribution < 1.29 is 5.11 Å². The zero-order chi connectivity index (χ0) is 32.6. The van der Waals surface area contributed by atoms with Crippen LogP contribution in [0.1, 0.15) is 11.3 Å². The van der Waals surface area contributed by atoms with Gasteiger partial charge in [-0.2, -0.15) is 0 Å². The molecule has 230 valence electrons. The normalized spacial score (nSPS) is 11.2. The number of benzene rings is 5. The minimum absolute atomic E-state index is 0.0858. The molecule has 0 aliphatic heterocycles. The topological polar surface area (TPSA) is 63.8 Å². The summed E-state index contributed by atoms with van der Waals surface area (Å²) in [5.74, 6) is 0.737. The van der Waals surface area contributed by atoms with Crippen LogP contribution in [0, 0.1) is 13.8 Å². The van der Waals surface area contributed by atoms with Gasteiger partial charge in [0.15, 0.2) is 0 Å². The first-order valence-electron chi connectivity index (χ1n) is 16.0. The Labute approximate surface area is 279 Å². The largest absolute Gasteiger partial charge is 0.506 e. The average Bonchev–Trinajstić information content (AvgIpc) is 3.53. The van der Waals surface area contributed by atoms with Gasteiger partial charge in [-0.1, -0.05) is 91.0 Å². The van der Waals surface area contributed by atoms with Crippen LogP contribution in [-0.2, 0) is 0 Å². The number of pyridine rings is 2. The van der Waals surface area contributed by atoms with Crippen LogP contribution in [0.5, 0.6) is 5.75 Å². The number of imidazole rings is 1. The molecule has 5 nitrogen and oxygen atoms in total. The second-order valence-corrected chi connectivity index (χ2v) is 12.0. The van der Waals surface area contributed by atoms with E-state index in [0.29, 0.717) is 11.4 Å². The maximum absolute atomic E-state index is 11.0. The van der Waals surface area contributed by atoms with Crippen LogP contribution in [-0.4, -0.2) is 24.6 Å². The van der Waals surface area contributed by atoms with Gasteiger partial charge >= 0.3 is 0 Å². The SMILES string of the molecule is Cc1cc(-c2nc3c(-c4cc(-c5ccccc5)cc(-c5cc(-c6ccccc6)c(C)cn5)c4)cccc3n2-c2ccccc2)c(O)cn1. The van der Waals surface area contributed by atoms with Crippen molar-refractivity contribution in [3.63, 3.8) is 0 Å². The van der Waals surface area contributed by atoms with Crippen molar-refractivity contribution in [3.05, 3.63) is 163 Å². The van der Waals surface area contributed by atoms with E-state index in [2.05, 4.69) is 120 Å². The zero-order valence-electron chi connectivity index (χ0n) is 26.7. The van der Waals surface area contributed by atoms with Gasteiger partial charge in [0.1, 0.15) is 11.6 Å². The third-order valence-electron chi connectivity index (χ3n) is 8.79. The quantitative estimate of drug-likeness (QED) is 0.201. The number of nitrogens with zero attached hydrogens (tertiary/aromatic N) is 4. The Kier molecular flexibility index (Phi) is 7.35. The maximum atomic E-state index is 11.0. The Bertz CT molecular complexity index is 2420. The molecular formula is C43H32N4O. The van der Waals surface area contributed by atoms with E-state index in [9.17, 15) is 5.11 Å². The van der Waals surface area contributed by atoms with Gasteiger partial charge in [0.25, 0.3) is 0 Å². The Morgan fingerprint density at radius 3 is 1.94 bits per heavy atom. The molecule has 0 spiro atoms. The van der Waals surface area contributed by atoms with Crippen LogP contribution in [0.25, 0.3) is 72.7 Å². The summed E-state index contributed by atoms with van der Waals surface area (Å²) in [6.45, 7) is 4.02. The molecule has 0 bridgehead atoms. The highest BCUT2D eigenvalue weighted by molar-refractivity contribution is 5.97. The maximum Gasteiger partial charge on any atom is 0.149 e. The number of hydrogen-bond donors (Lipinski definition) is 1. The van der Waals surface area contributed by atoms with E-state index in [-0.39, 0.29) is 5.75 Å². The van der Waals surface area contributed by atoms with Gasteiger partial charge < -0.3 is 5.11 Å². The number of fused-ring (bicyclic) bond motifs is 1. The summed E-state index contributed by atoms with van der Waals surface area (Å²) in [5.41, 5.74) is 13.8. The van der Waals surface area contributed by atoms with Crippen LogP contribution in [0.2, 0.25) is 0 Å². The van der Waals surface area contributed by atoms with Crippen LogP contribution in [0.3, 0.4) is 0 Å². The number of para-hydroxylation sites is 2. The van der Waals surface area contributed by atoms with Gasteiger partial charge in [0, 0.05) is 28.7 Å². The van der Waals surface area contributed by atoms with E-state index in [1.807, 2.05) is 49.5 Å². The molecule has 8 rings (SSSR count). The van der Waals surface area contributed by atoms with E-state index in [1.54, 1.807) is 0 Å². The lowest BCUT2D eigenvalue weighted by atomic mass is 9.93. The molecule has 5 aromatic carbocycles. The van der Waals surface area contributed by atoms with Crippen LogP contribution >= 0.6 is 0 Å². The summed E-state index contributed by atoms with van der Waals surface area (Å²) in [6, 6.07) is 48.1. The molecule has 8 aromatic rings. The smallest absolute Gasteiger partial charge is 0.149 e. The summed E-state index contributed by atoms with van der Waals surface area (Å²) >= 11 is 0.